The molecular weight excluding hydrogens is 430 g/mol. The second-order valence-electron chi connectivity index (χ2n) is 8.40. The van der Waals surface area contributed by atoms with E-state index in [4.69, 9.17) is 4.74 Å². The van der Waals surface area contributed by atoms with Gasteiger partial charge in [-0.15, -0.1) is 0 Å². The van der Waals surface area contributed by atoms with Crippen LogP contribution in [0.3, 0.4) is 0 Å². The number of sulfonamides is 1. The molecule has 0 saturated carbocycles. The number of amides is 3. The molecule has 1 atom stereocenters. The minimum Gasteiger partial charge on any atom is -0.379 e. The Kier molecular flexibility index (Phi) is 5.27. The number of morpholine rings is 1. The molecule has 1 aliphatic carbocycles. The Labute approximate surface area is 187 Å². The molecule has 3 aliphatic rings. The summed E-state index contributed by atoms with van der Waals surface area (Å²) in [6, 6.07) is 13.7. The maximum absolute atomic E-state index is 13.5. The largest absolute Gasteiger partial charge is 0.379 e. The van der Waals surface area contributed by atoms with Gasteiger partial charge in [0, 0.05) is 13.1 Å². The zero-order chi connectivity index (χ0) is 22.3. The molecule has 168 valence electrons. The van der Waals surface area contributed by atoms with E-state index < -0.39 is 21.6 Å². The standard InChI is InChI=1S/C23H25N3O5S/c27-21-23(10-4-7-18-6-1-2-9-20(18)23)24-22(28)26(21)16-17-5-3-8-19(15-17)32(29,30)25-11-13-31-14-12-25/h1-3,5-6,8-9,15H,4,7,10-14,16H2,(H,24,28)/t23-/m0/s1. The minimum absolute atomic E-state index is 0.0149. The number of rotatable bonds is 4. The molecule has 0 aromatic heterocycles. The summed E-state index contributed by atoms with van der Waals surface area (Å²) in [5.74, 6) is -0.281. The average molecular weight is 456 g/mol. The summed E-state index contributed by atoms with van der Waals surface area (Å²) < 4.78 is 32.6. The Morgan fingerprint density at radius 2 is 1.81 bits per heavy atom. The molecule has 0 radical (unpaired) electrons. The van der Waals surface area contributed by atoms with E-state index in [0.717, 1.165) is 24.0 Å². The third-order valence-corrected chi connectivity index (χ3v) is 8.39. The monoisotopic (exact) mass is 455 g/mol. The maximum atomic E-state index is 13.5. The van der Waals surface area contributed by atoms with Gasteiger partial charge in [-0.1, -0.05) is 36.4 Å². The molecule has 2 saturated heterocycles. The summed E-state index contributed by atoms with van der Waals surface area (Å²) in [6.45, 7) is 1.36. The van der Waals surface area contributed by atoms with Gasteiger partial charge in [0.1, 0.15) is 5.54 Å². The van der Waals surface area contributed by atoms with E-state index in [1.54, 1.807) is 24.3 Å². The van der Waals surface area contributed by atoms with Crippen molar-refractivity contribution < 1.29 is 22.7 Å². The van der Waals surface area contributed by atoms with Crippen LogP contribution in [0, 0.1) is 0 Å². The second kappa shape index (κ2) is 7.99. The van der Waals surface area contributed by atoms with Crippen molar-refractivity contribution in [2.45, 2.75) is 36.2 Å². The number of aryl methyl sites for hydroxylation is 1. The zero-order valence-corrected chi connectivity index (χ0v) is 18.4. The highest BCUT2D eigenvalue weighted by molar-refractivity contribution is 7.89. The predicted octanol–water partition coefficient (Wildman–Crippen LogP) is 1.99. The molecule has 32 heavy (non-hydrogen) atoms. The molecule has 2 aromatic rings. The van der Waals surface area contributed by atoms with Crippen LogP contribution in [0.1, 0.15) is 29.5 Å². The zero-order valence-electron chi connectivity index (χ0n) is 17.6. The Balaban J connectivity index is 1.42. The lowest BCUT2D eigenvalue weighted by Gasteiger charge is -2.33. The number of fused-ring (bicyclic) bond motifs is 2. The molecule has 2 fully saturated rings. The summed E-state index contributed by atoms with van der Waals surface area (Å²) in [5, 5.41) is 2.94. The van der Waals surface area contributed by atoms with Gasteiger partial charge in [-0.05, 0) is 48.1 Å². The van der Waals surface area contributed by atoms with Crippen molar-refractivity contribution in [1.82, 2.24) is 14.5 Å². The van der Waals surface area contributed by atoms with Crippen LogP contribution in [-0.4, -0.2) is 55.9 Å². The molecule has 5 rings (SSSR count). The number of carbonyl (C=O) groups excluding carboxylic acids is 2. The Morgan fingerprint density at radius 1 is 1.03 bits per heavy atom. The first-order valence-corrected chi connectivity index (χ1v) is 12.3. The van der Waals surface area contributed by atoms with Crippen molar-refractivity contribution in [2.75, 3.05) is 26.3 Å². The summed E-state index contributed by atoms with van der Waals surface area (Å²) in [7, 11) is -3.66. The van der Waals surface area contributed by atoms with E-state index in [1.165, 1.54) is 9.21 Å². The average Bonchev–Trinajstić information content (AvgIpc) is 3.05. The first kappa shape index (κ1) is 21.1. The lowest BCUT2D eigenvalue weighted by Crippen LogP contribution is -2.46. The highest BCUT2D eigenvalue weighted by Crippen LogP contribution is 2.40. The summed E-state index contributed by atoms with van der Waals surface area (Å²) in [6.07, 6.45) is 2.24. The van der Waals surface area contributed by atoms with Gasteiger partial charge in [0.05, 0.1) is 24.7 Å². The number of hydrogen-bond acceptors (Lipinski definition) is 5. The Hall–Kier alpha value is -2.75. The summed E-state index contributed by atoms with van der Waals surface area (Å²) in [5.41, 5.74) is 1.48. The van der Waals surface area contributed by atoms with Gasteiger partial charge in [0.25, 0.3) is 5.91 Å². The van der Waals surface area contributed by atoms with Crippen molar-refractivity contribution >= 4 is 22.0 Å². The summed E-state index contributed by atoms with van der Waals surface area (Å²) >= 11 is 0. The molecule has 0 bridgehead atoms. The first-order chi connectivity index (χ1) is 15.4. The highest BCUT2D eigenvalue weighted by atomic mass is 32.2. The van der Waals surface area contributed by atoms with E-state index in [2.05, 4.69) is 5.32 Å². The van der Waals surface area contributed by atoms with Gasteiger partial charge in [0.2, 0.25) is 10.0 Å². The van der Waals surface area contributed by atoms with Crippen molar-refractivity contribution in [3.63, 3.8) is 0 Å². The number of nitrogens with one attached hydrogen (secondary N) is 1. The van der Waals surface area contributed by atoms with Crippen LogP contribution in [0.4, 0.5) is 4.79 Å². The summed E-state index contributed by atoms with van der Waals surface area (Å²) in [4.78, 5) is 27.7. The number of nitrogens with zero attached hydrogens (tertiary/aromatic N) is 2. The van der Waals surface area contributed by atoms with Gasteiger partial charge < -0.3 is 10.1 Å². The maximum Gasteiger partial charge on any atom is 0.325 e. The number of imide groups is 1. The van der Waals surface area contributed by atoms with Crippen molar-refractivity contribution in [3.05, 3.63) is 65.2 Å². The molecule has 0 unspecified atom stereocenters. The fourth-order valence-corrected chi connectivity index (χ4v) is 6.36. The van der Waals surface area contributed by atoms with Crippen molar-refractivity contribution in [3.8, 4) is 0 Å². The van der Waals surface area contributed by atoms with Gasteiger partial charge in [-0.25, -0.2) is 13.2 Å². The highest BCUT2D eigenvalue weighted by Gasteiger charge is 2.53. The molecular formula is C23H25N3O5S. The van der Waals surface area contributed by atoms with Crippen molar-refractivity contribution in [2.24, 2.45) is 0 Å². The minimum atomic E-state index is -3.66. The lowest BCUT2D eigenvalue weighted by atomic mass is 9.76. The fraction of sp³-hybridized carbons (Fsp3) is 0.391. The number of urea groups is 1. The number of carbonyl (C=O) groups is 2. The van der Waals surface area contributed by atoms with E-state index >= 15 is 0 Å². The molecule has 2 heterocycles. The molecule has 1 spiro atoms. The van der Waals surface area contributed by atoms with E-state index in [1.807, 2.05) is 24.3 Å². The fourth-order valence-electron chi connectivity index (χ4n) is 4.88. The third kappa shape index (κ3) is 3.41. The van der Waals surface area contributed by atoms with Crippen LogP contribution in [0.5, 0.6) is 0 Å². The van der Waals surface area contributed by atoms with Crippen molar-refractivity contribution in [1.29, 1.82) is 0 Å². The van der Waals surface area contributed by atoms with Crippen LogP contribution < -0.4 is 5.32 Å². The van der Waals surface area contributed by atoms with Gasteiger partial charge in [-0.2, -0.15) is 4.31 Å². The van der Waals surface area contributed by atoms with Crippen LogP contribution in [0.15, 0.2) is 53.4 Å². The first-order valence-electron chi connectivity index (χ1n) is 10.8. The Bertz CT molecular complexity index is 1180. The normalized spacial score (nSPS) is 23.9. The van der Waals surface area contributed by atoms with Gasteiger partial charge in [0.15, 0.2) is 0 Å². The molecule has 8 nitrogen and oxygen atoms in total. The quantitative estimate of drug-likeness (QED) is 0.712. The molecule has 3 amide bonds. The van der Waals surface area contributed by atoms with Gasteiger partial charge in [-0.3, -0.25) is 9.69 Å². The van der Waals surface area contributed by atoms with E-state index in [0.29, 0.717) is 38.3 Å². The molecule has 9 heteroatoms. The smallest absolute Gasteiger partial charge is 0.325 e. The van der Waals surface area contributed by atoms with Crippen LogP contribution in [0.25, 0.3) is 0 Å². The molecule has 2 aromatic carbocycles. The lowest BCUT2D eigenvalue weighted by molar-refractivity contribution is -0.132. The number of benzene rings is 2. The SMILES string of the molecule is O=C1N[C@]2(CCCc3ccccc32)C(=O)N1Cc1cccc(S(=O)(=O)N2CCOCC2)c1. The number of ether oxygens (including phenoxy) is 1. The second-order valence-corrected chi connectivity index (χ2v) is 10.3. The van der Waals surface area contributed by atoms with E-state index in [-0.39, 0.29) is 17.3 Å². The predicted molar refractivity (Wildman–Crippen MR) is 116 cm³/mol. The Morgan fingerprint density at radius 3 is 2.62 bits per heavy atom. The van der Waals surface area contributed by atoms with Crippen LogP contribution in [-0.2, 0) is 38.1 Å². The third-order valence-electron chi connectivity index (χ3n) is 6.50. The van der Waals surface area contributed by atoms with Gasteiger partial charge >= 0.3 is 6.03 Å². The number of hydrogen-bond donors (Lipinski definition) is 1. The van der Waals surface area contributed by atoms with Crippen LogP contribution >= 0.6 is 0 Å². The molecule has 2 aliphatic heterocycles. The van der Waals surface area contributed by atoms with E-state index in [9.17, 15) is 18.0 Å². The van der Waals surface area contributed by atoms with Crippen LogP contribution in [0.2, 0.25) is 0 Å². The topological polar surface area (TPSA) is 96.0 Å². The molecule has 1 N–H and O–H groups in total.